The van der Waals surface area contributed by atoms with Crippen LogP contribution in [0.3, 0.4) is 0 Å². The molecule has 0 bridgehead atoms. The molecule has 0 aliphatic carbocycles. The first kappa shape index (κ1) is 17.4. The minimum absolute atomic E-state index is 0. The van der Waals surface area contributed by atoms with Crippen molar-refractivity contribution in [1.29, 1.82) is 0 Å². The topological polar surface area (TPSA) is 39.1 Å². The molecule has 1 saturated heterocycles. The Morgan fingerprint density at radius 2 is 2.00 bits per heavy atom. The summed E-state index contributed by atoms with van der Waals surface area (Å²) >= 11 is 6.14. The van der Waals surface area contributed by atoms with Gasteiger partial charge in [0.2, 0.25) is 0 Å². The lowest BCUT2D eigenvalue weighted by Crippen LogP contribution is -2.45. The van der Waals surface area contributed by atoms with Crippen LogP contribution in [0, 0.1) is 0 Å². The van der Waals surface area contributed by atoms with E-state index in [0.717, 1.165) is 48.0 Å². The van der Waals surface area contributed by atoms with Gasteiger partial charge in [0.05, 0.1) is 11.9 Å². The van der Waals surface area contributed by atoms with Crippen molar-refractivity contribution in [2.45, 2.75) is 18.4 Å². The predicted molar refractivity (Wildman–Crippen MR) is 92.6 cm³/mol. The Morgan fingerprint density at radius 3 is 2.73 bits per heavy atom. The first-order chi connectivity index (χ1) is 9.70. The zero-order chi connectivity index (χ0) is 13.7. The maximum atomic E-state index is 6.40. The largest absolute Gasteiger partial charge is 0.482 e. The molecule has 4 rings (SSSR count). The molecule has 1 N–H and O–H groups in total. The van der Waals surface area contributed by atoms with Crippen LogP contribution in [-0.2, 0) is 12.6 Å². The number of nitrogens with zero attached hydrogens (tertiary/aromatic N) is 2. The Kier molecular flexibility index (Phi) is 4.97. The summed E-state index contributed by atoms with van der Waals surface area (Å²) in [5.41, 5.74) is 3.12. The third-order valence-corrected chi connectivity index (χ3v) is 4.58. The van der Waals surface area contributed by atoms with E-state index in [9.17, 15) is 0 Å². The fourth-order valence-corrected chi connectivity index (χ4v) is 3.51. The van der Waals surface area contributed by atoms with Gasteiger partial charge in [0.25, 0.3) is 0 Å². The number of hydrogen-bond donors (Lipinski definition) is 1. The Morgan fingerprint density at radius 1 is 1.27 bits per heavy atom. The molecule has 0 radical (unpaired) electrons. The minimum Gasteiger partial charge on any atom is -0.482 e. The molecule has 0 unspecified atom stereocenters. The van der Waals surface area contributed by atoms with Gasteiger partial charge in [-0.2, -0.15) is 5.10 Å². The molecule has 2 aliphatic heterocycles. The number of hydrogen-bond acceptors (Lipinski definition) is 3. The van der Waals surface area contributed by atoms with Crippen LogP contribution in [0.25, 0.3) is 11.3 Å². The number of nitrogens with one attached hydrogen (secondary N) is 1. The summed E-state index contributed by atoms with van der Waals surface area (Å²) in [7, 11) is 1.98. The number of ether oxygens (including phenoxy) is 1. The molecule has 4 nitrogen and oxygen atoms in total. The molecular formula is C15H18Cl3N3O. The number of halogens is 3. The average Bonchev–Trinajstić information content (AvgIpc) is 2.85. The van der Waals surface area contributed by atoms with E-state index in [2.05, 4.69) is 10.4 Å². The van der Waals surface area contributed by atoms with Gasteiger partial charge < -0.3 is 10.1 Å². The fourth-order valence-electron chi connectivity index (χ4n) is 3.33. The molecular weight excluding hydrogens is 345 g/mol. The summed E-state index contributed by atoms with van der Waals surface area (Å²) in [4.78, 5) is 0. The van der Waals surface area contributed by atoms with Gasteiger partial charge in [-0.25, -0.2) is 0 Å². The Hall–Kier alpha value is -0.940. The van der Waals surface area contributed by atoms with Crippen LogP contribution in [0.5, 0.6) is 5.75 Å². The third-order valence-electron chi connectivity index (χ3n) is 4.34. The van der Waals surface area contributed by atoms with Gasteiger partial charge in [-0.3, -0.25) is 4.68 Å². The number of piperidine rings is 1. The molecule has 1 aromatic carbocycles. The van der Waals surface area contributed by atoms with Crippen LogP contribution >= 0.6 is 36.4 Å². The lowest BCUT2D eigenvalue weighted by atomic mass is 9.81. The standard InChI is InChI=1S/C15H16ClN3O.2ClH/c1-19-14-11-8-10(16)2-3-13(11)20-15(12(14)9-18-19)4-6-17-7-5-15;;/h2-3,8-9,17H,4-7H2,1H3;2*1H. The highest BCUT2D eigenvalue weighted by Gasteiger charge is 2.43. The van der Waals surface area contributed by atoms with Crippen molar-refractivity contribution in [2.24, 2.45) is 7.05 Å². The zero-order valence-electron chi connectivity index (χ0n) is 12.1. The number of benzene rings is 1. The molecule has 0 atom stereocenters. The number of fused-ring (bicyclic) bond motifs is 4. The second kappa shape index (κ2) is 6.28. The Labute approximate surface area is 147 Å². The summed E-state index contributed by atoms with van der Waals surface area (Å²) < 4.78 is 8.33. The number of aromatic nitrogens is 2. The van der Waals surface area contributed by atoms with Crippen molar-refractivity contribution in [3.8, 4) is 17.0 Å². The van der Waals surface area contributed by atoms with Gasteiger partial charge in [-0.15, -0.1) is 24.8 Å². The van der Waals surface area contributed by atoms with Crippen molar-refractivity contribution in [1.82, 2.24) is 15.1 Å². The summed E-state index contributed by atoms with van der Waals surface area (Å²) in [5.74, 6) is 0.910. The van der Waals surface area contributed by atoms with E-state index in [1.54, 1.807) is 0 Å². The number of rotatable bonds is 0. The molecule has 1 fully saturated rings. The van der Waals surface area contributed by atoms with E-state index in [4.69, 9.17) is 16.3 Å². The fraction of sp³-hybridized carbons (Fsp3) is 0.400. The molecule has 2 aliphatic rings. The van der Waals surface area contributed by atoms with E-state index in [1.165, 1.54) is 5.56 Å². The van der Waals surface area contributed by atoms with Crippen molar-refractivity contribution in [2.75, 3.05) is 13.1 Å². The molecule has 7 heteroatoms. The summed E-state index contributed by atoms with van der Waals surface area (Å²) in [5, 5.41) is 8.57. The highest BCUT2D eigenvalue weighted by molar-refractivity contribution is 6.31. The predicted octanol–water partition coefficient (Wildman–Crippen LogP) is 3.56. The molecule has 1 aromatic heterocycles. The van der Waals surface area contributed by atoms with Crippen molar-refractivity contribution >= 4 is 36.4 Å². The molecule has 120 valence electrons. The maximum Gasteiger partial charge on any atom is 0.140 e. The van der Waals surface area contributed by atoms with E-state index in [-0.39, 0.29) is 30.4 Å². The van der Waals surface area contributed by atoms with Crippen molar-refractivity contribution in [3.05, 3.63) is 35.0 Å². The molecule has 2 aromatic rings. The van der Waals surface area contributed by atoms with Gasteiger partial charge >= 0.3 is 0 Å². The second-order valence-corrected chi connectivity index (χ2v) is 5.95. The van der Waals surface area contributed by atoms with Gasteiger partial charge in [-0.1, -0.05) is 11.6 Å². The van der Waals surface area contributed by atoms with E-state index >= 15 is 0 Å². The maximum absolute atomic E-state index is 6.40. The van der Waals surface area contributed by atoms with Crippen molar-refractivity contribution < 1.29 is 4.74 Å². The highest BCUT2D eigenvalue weighted by Crippen LogP contribution is 2.49. The molecule has 0 amide bonds. The van der Waals surface area contributed by atoms with Crippen LogP contribution in [0.1, 0.15) is 18.4 Å². The Bertz CT molecular complexity index is 681. The minimum atomic E-state index is -0.240. The van der Waals surface area contributed by atoms with Crippen LogP contribution in [0.2, 0.25) is 5.02 Å². The molecule has 3 heterocycles. The van der Waals surface area contributed by atoms with Gasteiger partial charge in [0.15, 0.2) is 0 Å². The van der Waals surface area contributed by atoms with Crippen LogP contribution < -0.4 is 10.1 Å². The van der Waals surface area contributed by atoms with E-state index in [1.807, 2.05) is 36.1 Å². The zero-order valence-corrected chi connectivity index (χ0v) is 14.5. The van der Waals surface area contributed by atoms with Gasteiger partial charge in [0, 0.05) is 36.0 Å². The molecule has 0 saturated carbocycles. The van der Waals surface area contributed by atoms with Crippen molar-refractivity contribution in [3.63, 3.8) is 0 Å². The smallest absolute Gasteiger partial charge is 0.140 e. The van der Waals surface area contributed by atoms with Crippen LogP contribution in [-0.4, -0.2) is 22.9 Å². The first-order valence-corrected chi connectivity index (χ1v) is 7.30. The summed E-state index contributed by atoms with van der Waals surface area (Å²) in [6.07, 6.45) is 3.88. The number of aryl methyl sites for hydroxylation is 1. The van der Waals surface area contributed by atoms with Gasteiger partial charge in [-0.05, 0) is 31.3 Å². The monoisotopic (exact) mass is 361 g/mol. The van der Waals surface area contributed by atoms with Gasteiger partial charge in [0.1, 0.15) is 11.4 Å². The van der Waals surface area contributed by atoms with Crippen LogP contribution in [0.15, 0.2) is 24.4 Å². The van der Waals surface area contributed by atoms with E-state index < -0.39 is 0 Å². The highest BCUT2D eigenvalue weighted by atomic mass is 35.5. The summed E-state index contributed by atoms with van der Waals surface area (Å²) in [6, 6.07) is 5.82. The Balaban J connectivity index is 0.000000882. The van der Waals surface area contributed by atoms with E-state index in [0.29, 0.717) is 0 Å². The lowest BCUT2D eigenvalue weighted by molar-refractivity contribution is 0.0306. The molecule has 22 heavy (non-hydrogen) atoms. The normalized spacial score (nSPS) is 17.5. The first-order valence-electron chi connectivity index (χ1n) is 6.92. The third kappa shape index (κ3) is 2.48. The van der Waals surface area contributed by atoms with Crippen LogP contribution in [0.4, 0.5) is 0 Å². The summed E-state index contributed by atoms with van der Waals surface area (Å²) in [6.45, 7) is 1.94. The SMILES string of the molecule is Cl.Cl.Cn1ncc2c1-c1cc(Cl)ccc1OC21CCNCC1. The lowest BCUT2D eigenvalue weighted by Gasteiger charge is -2.41. The molecule has 1 spiro atoms. The second-order valence-electron chi connectivity index (χ2n) is 5.52. The average molecular weight is 363 g/mol. The quantitative estimate of drug-likeness (QED) is 0.779.